The molecule has 110 valence electrons. The summed E-state index contributed by atoms with van der Waals surface area (Å²) in [5.74, 6) is -0.873. The SMILES string of the molecule is COC(=O)C(O)CNS(=O)(=O)c1ccc2c(c1)CCC2. The first-order chi connectivity index (χ1) is 9.44. The summed E-state index contributed by atoms with van der Waals surface area (Å²) in [5, 5.41) is 9.38. The van der Waals surface area contributed by atoms with Crippen LogP contribution in [0.3, 0.4) is 0 Å². The van der Waals surface area contributed by atoms with Crippen molar-refractivity contribution in [3.8, 4) is 0 Å². The van der Waals surface area contributed by atoms with Crippen molar-refractivity contribution in [2.75, 3.05) is 13.7 Å². The number of nitrogens with one attached hydrogen (secondary N) is 1. The predicted octanol–water partition coefficient (Wildman–Crippen LogP) is -0.0125. The van der Waals surface area contributed by atoms with Crippen LogP contribution in [0.4, 0.5) is 0 Å². The van der Waals surface area contributed by atoms with Gasteiger partial charge in [-0.1, -0.05) is 6.07 Å². The molecular weight excluding hydrogens is 282 g/mol. The van der Waals surface area contributed by atoms with Gasteiger partial charge in [-0.3, -0.25) is 0 Å². The van der Waals surface area contributed by atoms with Crippen molar-refractivity contribution in [1.82, 2.24) is 4.72 Å². The molecule has 0 saturated heterocycles. The average molecular weight is 299 g/mol. The number of aliphatic hydroxyl groups is 1. The lowest BCUT2D eigenvalue weighted by Gasteiger charge is -2.11. The molecule has 0 spiro atoms. The van der Waals surface area contributed by atoms with E-state index in [1.54, 1.807) is 6.07 Å². The number of aryl methyl sites for hydroxylation is 2. The molecule has 1 atom stereocenters. The van der Waals surface area contributed by atoms with Gasteiger partial charge in [0.15, 0.2) is 6.10 Å². The van der Waals surface area contributed by atoms with Crippen LogP contribution in [0.5, 0.6) is 0 Å². The highest BCUT2D eigenvalue weighted by atomic mass is 32.2. The number of carbonyl (C=O) groups is 1. The summed E-state index contributed by atoms with van der Waals surface area (Å²) in [6.45, 7) is -0.411. The number of hydrogen-bond donors (Lipinski definition) is 2. The third-order valence-electron chi connectivity index (χ3n) is 3.32. The van der Waals surface area contributed by atoms with Gasteiger partial charge in [-0.05, 0) is 42.5 Å². The number of rotatable bonds is 5. The van der Waals surface area contributed by atoms with E-state index in [-0.39, 0.29) is 4.90 Å². The van der Waals surface area contributed by atoms with Crippen LogP contribution < -0.4 is 4.72 Å². The first kappa shape index (κ1) is 15.0. The quantitative estimate of drug-likeness (QED) is 0.746. The number of benzene rings is 1. The molecule has 2 N–H and O–H groups in total. The molecule has 0 fully saturated rings. The standard InChI is InChI=1S/C13H17NO5S/c1-19-13(16)12(15)8-14-20(17,18)11-6-5-9-3-2-4-10(9)7-11/h5-7,12,14-15H,2-4,8H2,1H3. The molecule has 1 aromatic rings. The van der Waals surface area contributed by atoms with Gasteiger partial charge in [0.1, 0.15) is 0 Å². The largest absolute Gasteiger partial charge is 0.467 e. The first-order valence-electron chi connectivity index (χ1n) is 6.31. The zero-order chi connectivity index (χ0) is 14.8. The van der Waals surface area contributed by atoms with Gasteiger partial charge in [0.25, 0.3) is 0 Å². The molecule has 0 heterocycles. The molecule has 1 aliphatic carbocycles. The second-order valence-corrected chi connectivity index (χ2v) is 6.44. The molecular formula is C13H17NO5S. The van der Waals surface area contributed by atoms with Crippen molar-refractivity contribution >= 4 is 16.0 Å². The van der Waals surface area contributed by atoms with Gasteiger partial charge in [0.2, 0.25) is 10.0 Å². The maximum Gasteiger partial charge on any atom is 0.336 e. The van der Waals surface area contributed by atoms with Crippen molar-refractivity contribution in [2.45, 2.75) is 30.3 Å². The third kappa shape index (κ3) is 3.17. The molecule has 1 aliphatic rings. The van der Waals surface area contributed by atoms with E-state index in [4.69, 9.17) is 0 Å². The Morgan fingerprint density at radius 3 is 2.80 bits per heavy atom. The Hall–Kier alpha value is -1.44. The van der Waals surface area contributed by atoms with Gasteiger partial charge in [0, 0.05) is 6.54 Å². The number of carbonyl (C=O) groups excluding carboxylic acids is 1. The Kier molecular flexibility index (Phi) is 4.42. The minimum atomic E-state index is -3.74. The summed E-state index contributed by atoms with van der Waals surface area (Å²) < 4.78 is 30.7. The van der Waals surface area contributed by atoms with Crippen molar-refractivity contribution in [2.24, 2.45) is 0 Å². The Balaban J connectivity index is 2.09. The minimum Gasteiger partial charge on any atom is -0.467 e. The molecule has 0 saturated carbocycles. The van der Waals surface area contributed by atoms with Crippen LogP contribution >= 0.6 is 0 Å². The van der Waals surface area contributed by atoms with Gasteiger partial charge < -0.3 is 9.84 Å². The van der Waals surface area contributed by atoms with Crippen LogP contribution in [0.2, 0.25) is 0 Å². The van der Waals surface area contributed by atoms with Gasteiger partial charge in [0.05, 0.1) is 12.0 Å². The van der Waals surface area contributed by atoms with Crippen molar-refractivity contribution in [1.29, 1.82) is 0 Å². The van der Waals surface area contributed by atoms with Crippen LogP contribution in [-0.4, -0.2) is 39.3 Å². The predicted molar refractivity (Wildman–Crippen MR) is 71.7 cm³/mol. The fourth-order valence-electron chi connectivity index (χ4n) is 2.21. The molecule has 0 aliphatic heterocycles. The summed E-state index contributed by atoms with van der Waals surface area (Å²) >= 11 is 0. The monoisotopic (exact) mass is 299 g/mol. The molecule has 0 amide bonds. The van der Waals surface area contributed by atoms with E-state index in [9.17, 15) is 18.3 Å². The summed E-state index contributed by atoms with van der Waals surface area (Å²) in [5.41, 5.74) is 2.22. The molecule has 0 radical (unpaired) electrons. The van der Waals surface area contributed by atoms with Crippen LogP contribution in [0.1, 0.15) is 17.5 Å². The number of sulfonamides is 1. The Morgan fingerprint density at radius 1 is 1.40 bits per heavy atom. The molecule has 6 nitrogen and oxygen atoms in total. The fourth-order valence-corrected chi connectivity index (χ4v) is 3.30. The minimum absolute atomic E-state index is 0.148. The van der Waals surface area contributed by atoms with Crippen LogP contribution in [0.25, 0.3) is 0 Å². The lowest BCUT2D eigenvalue weighted by molar-refractivity contribution is -0.149. The number of ether oxygens (including phenoxy) is 1. The second kappa shape index (κ2) is 5.90. The molecule has 1 unspecified atom stereocenters. The molecule has 0 bridgehead atoms. The van der Waals surface area contributed by atoms with Gasteiger partial charge in [-0.25, -0.2) is 17.9 Å². The highest BCUT2D eigenvalue weighted by Crippen LogP contribution is 2.24. The second-order valence-electron chi connectivity index (χ2n) is 4.67. The number of hydrogen-bond acceptors (Lipinski definition) is 5. The normalized spacial score (nSPS) is 15.7. The maximum absolute atomic E-state index is 12.1. The van der Waals surface area contributed by atoms with Crippen LogP contribution in [0.15, 0.2) is 23.1 Å². The lowest BCUT2D eigenvalue weighted by atomic mass is 10.1. The smallest absolute Gasteiger partial charge is 0.336 e. The number of fused-ring (bicyclic) bond motifs is 1. The van der Waals surface area contributed by atoms with E-state index in [1.165, 1.54) is 11.6 Å². The fraction of sp³-hybridized carbons (Fsp3) is 0.462. The molecule has 0 aromatic heterocycles. The summed E-state index contributed by atoms with van der Waals surface area (Å²) in [6.07, 6.45) is 1.38. The van der Waals surface area contributed by atoms with E-state index >= 15 is 0 Å². The van der Waals surface area contributed by atoms with E-state index in [0.717, 1.165) is 31.9 Å². The van der Waals surface area contributed by atoms with E-state index in [1.807, 2.05) is 6.07 Å². The molecule has 2 rings (SSSR count). The van der Waals surface area contributed by atoms with Gasteiger partial charge in [-0.15, -0.1) is 0 Å². The summed E-state index contributed by atoms with van der Waals surface area (Å²) in [7, 11) is -2.61. The zero-order valence-corrected chi connectivity index (χ0v) is 11.9. The average Bonchev–Trinajstić information content (AvgIpc) is 2.91. The van der Waals surface area contributed by atoms with Gasteiger partial charge in [-0.2, -0.15) is 0 Å². The highest BCUT2D eigenvalue weighted by Gasteiger charge is 2.22. The number of aliphatic hydroxyl groups excluding tert-OH is 1. The van der Waals surface area contributed by atoms with Gasteiger partial charge >= 0.3 is 5.97 Å². The van der Waals surface area contributed by atoms with Crippen molar-refractivity contribution in [3.63, 3.8) is 0 Å². The highest BCUT2D eigenvalue weighted by molar-refractivity contribution is 7.89. The first-order valence-corrected chi connectivity index (χ1v) is 7.80. The topological polar surface area (TPSA) is 92.7 Å². The summed E-state index contributed by atoms with van der Waals surface area (Å²) in [4.78, 5) is 11.2. The van der Waals surface area contributed by atoms with Crippen LogP contribution in [0, 0.1) is 0 Å². The van der Waals surface area contributed by atoms with Crippen LogP contribution in [-0.2, 0) is 32.4 Å². The molecule has 20 heavy (non-hydrogen) atoms. The lowest BCUT2D eigenvalue weighted by Crippen LogP contribution is -2.37. The Morgan fingerprint density at radius 2 is 2.10 bits per heavy atom. The Bertz CT molecular complexity index is 611. The van der Waals surface area contributed by atoms with Crippen molar-refractivity contribution < 1.29 is 23.1 Å². The van der Waals surface area contributed by atoms with E-state index < -0.39 is 28.6 Å². The third-order valence-corrected chi connectivity index (χ3v) is 4.74. The van der Waals surface area contributed by atoms with E-state index in [0.29, 0.717) is 0 Å². The number of esters is 1. The molecule has 1 aromatic carbocycles. The zero-order valence-electron chi connectivity index (χ0n) is 11.1. The van der Waals surface area contributed by atoms with Crippen molar-refractivity contribution in [3.05, 3.63) is 29.3 Å². The van der Waals surface area contributed by atoms with E-state index in [2.05, 4.69) is 9.46 Å². The number of methoxy groups -OCH3 is 1. The molecule has 7 heteroatoms. The maximum atomic E-state index is 12.1. The Labute approximate surface area is 117 Å². The summed E-state index contributed by atoms with van der Waals surface area (Å²) in [6, 6.07) is 5.00.